The van der Waals surface area contributed by atoms with Crippen LogP contribution in [0, 0.1) is 28.6 Å². The first-order valence-corrected chi connectivity index (χ1v) is 13.8. The molecule has 11 atom stereocenters. The molecule has 0 aromatic carbocycles. The summed E-state index contributed by atoms with van der Waals surface area (Å²) in [6.07, 6.45) is 0.908. The lowest BCUT2D eigenvalue weighted by molar-refractivity contribution is -0.290. The number of aliphatic hydroxyl groups is 4. The summed E-state index contributed by atoms with van der Waals surface area (Å²) < 4.78 is 11.4. The van der Waals surface area contributed by atoms with Crippen molar-refractivity contribution < 1.29 is 44.3 Å². The molecule has 4 N–H and O–H groups in total. The van der Waals surface area contributed by atoms with Crippen LogP contribution in [0.5, 0.6) is 0 Å². The van der Waals surface area contributed by atoms with Gasteiger partial charge in [0.25, 0.3) is 0 Å². The molecule has 2 saturated carbocycles. The van der Waals surface area contributed by atoms with E-state index in [1.54, 1.807) is 32.9 Å². The molecule has 0 aromatic rings. The average molecular weight is 545 g/mol. The summed E-state index contributed by atoms with van der Waals surface area (Å²) in [6, 6.07) is 0. The minimum atomic E-state index is -1.91. The molecule has 0 amide bonds. The van der Waals surface area contributed by atoms with Gasteiger partial charge in [-0.1, -0.05) is 31.1 Å². The van der Waals surface area contributed by atoms with Crippen molar-refractivity contribution >= 4 is 17.7 Å². The maximum Gasteiger partial charge on any atom is 0.333 e. The van der Waals surface area contributed by atoms with Crippen LogP contribution in [0.25, 0.3) is 0 Å². The normalized spacial score (nSPS) is 48.0. The molecule has 4 aliphatic carbocycles. The van der Waals surface area contributed by atoms with Crippen molar-refractivity contribution in [3.8, 4) is 0 Å². The van der Waals surface area contributed by atoms with E-state index in [1.807, 2.05) is 13.8 Å². The van der Waals surface area contributed by atoms with E-state index in [1.165, 1.54) is 13.0 Å². The topological polar surface area (TPSA) is 151 Å². The van der Waals surface area contributed by atoms with Crippen molar-refractivity contribution in [1.29, 1.82) is 0 Å². The second-order valence-electron chi connectivity index (χ2n) is 12.8. The number of carbonyl (C=O) groups is 3. The Morgan fingerprint density at radius 1 is 1.08 bits per heavy atom. The van der Waals surface area contributed by atoms with Crippen molar-refractivity contribution in [1.82, 2.24) is 0 Å². The molecule has 0 aromatic heterocycles. The van der Waals surface area contributed by atoms with Gasteiger partial charge in [0.2, 0.25) is 0 Å². The lowest BCUT2D eigenvalue weighted by atomic mass is 9.40. The van der Waals surface area contributed by atoms with Gasteiger partial charge >= 0.3 is 11.9 Å². The van der Waals surface area contributed by atoms with E-state index in [4.69, 9.17) is 9.47 Å². The highest BCUT2D eigenvalue weighted by Crippen LogP contribution is 2.69. The van der Waals surface area contributed by atoms with Crippen molar-refractivity contribution in [2.75, 3.05) is 0 Å². The van der Waals surface area contributed by atoms with Gasteiger partial charge in [0.15, 0.2) is 11.9 Å². The lowest BCUT2D eigenvalue weighted by Crippen LogP contribution is -2.76. The fraction of sp³-hybridized carbons (Fsp3) is 0.700. The number of ether oxygens (including phenoxy) is 2. The summed E-state index contributed by atoms with van der Waals surface area (Å²) in [5.41, 5.74) is -4.45. The first-order chi connectivity index (χ1) is 18.0. The molecule has 2 fully saturated rings. The third-order valence-electron chi connectivity index (χ3n) is 11.3. The Kier molecular flexibility index (Phi) is 6.39. The van der Waals surface area contributed by atoms with Gasteiger partial charge in [0.05, 0.1) is 17.6 Å². The first kappa shape index (κ1) is 28.2. The summed E-state index contributed by atoms with van der Waals surface area (Å²) in [7, 11) is 0. The number of allylic oxidation sites excluding steroid dienone is 1. The minimum Gasteiger partial charge on any atom is -0.458 e. The molecule has 1 heterocycles. The van der Waals surface area contributed by atoms with Crippen molar-refractivity contribution in [3.05, 3.63) is 34.9 Å². The standard InChI is InChI=1S/C30H40O9/c1-14-10-21(39-26(35)15(14)2)16(3)18-13-25(38-17(4)31)30(37)20-12-24(34)29(36)9-7-8-22(32)27(29,5)19(20)11-23(33)28(18,30)6/h7-8,13,16,19-21,23-25,33-34,36-37H,9-12H2,1-6H3/t16-,19-,20+,21+,23-,24+,25-,27-,28-,29-,30-/m0/s1. The number of aliphatic hydroxyl groups excluding tert-OH is 2. The number of hydrogen-bond donors (Lipinski definition) is 4. The van der Waals surface area contributed by atoms with Crippen LogP contribution >= 0.6 is 0 Å². The third-order valence-corrected chi connectivity index (χ3v) is 11.3. The number of fused-ring (bicyclic) bond motifs is 5. The van der Waals surface area contributed by atoms with Crippen LogP contribution in [0.4, 0.5) is 0 Å². The summed E-state index contributed by atoms with van der Waals surface area (Å²) >= 11 is 0. The van der Waals surface area contributed by atoms with Crippen LogP contribution in [0.15, 0.2) is 34.9 Å². The van der Waals surface area contributed by atoms with Crippen molar-refractivity contribution in [2.45, 2.75) is 103 Å². The number of cyclic esters (lactones) is 1. The van der Waals surface area contributed by atoms with Gasteiger partial charge in [0, 0.05) is 30.3 Å². The van der Waals surface area contributed by atoms with Crippen LogP contribution in [-0.2, 0) is 23.9 Å². The SMILES string of the molecule is CC(=O)O[C@H]1C=C([C@H](C)[C@H]2CC(C)=C(C)C(=O)O2)[C@@]2(C)[C@@H](O)C[C@H]3[C@@H](C[C@@H](O)[C@@]4(O)CC=CC(=O)[C@]34C)[C@]12O. The van der Waals surface area contributed by atoms with Gasteiger partial charge in [-0.05, 0) is 64.0 Å². The molecule has 39 heavy (non-hydrogen) atoms. The van der Waals surface area contributed by atoms with Gasteiger partial charge in [-0.25, -0.2) is 4.79 Å². The summed E-state index contributed by atoms with van der Waals surface area (Å²) in [5, 5.41) is 47.6. The fourth-order valence-corrected chi connectivity index (χ4v) is 8.64. The van der Waals surface area contributed by atoms with Crippen LogP contribution in [0.3, 0.4) is 0 Å². The molecule has 0 radical (unpaired) electrons. The quantitative estimate of drug-likeness (QED) is 0.309. The minimum absolute atomic E-state index is 0.0522. The molecule has 0 unspecified atom stereocenters. The zero-order valence-corrected chi connectivity index (χ0v) is 23.4. The largest absolute Gasteiger partial charge is 0.458 e. The van der Waals surface area contributed by atoms with E-state index in [9.17, 15) is 34.8 Å². The van der Waals surface area contributed by atoms with E-state index >= 15 is 0 Å². The Labute approximate surface area is 228 Å². The van der Waals surface area contributed by atoms with Crippen LogP contribution in [0.1, 0.15) is 67.2 Å². The van der Waals surface area contributed by atoms with Crippen molar-refractivity contribution in [2.24, 2.45) is 28.6 Å². The second kappa shape index (κ2) is 8.83. The van der Waals surface area contributed by atoms with Gasteiger partial charge in [-0.3, -0.25) is 9.59 Å². The predicted octanol–water partition coefficient (Wildman–Crippen LogP) is 1.91. The van der Waals surface area contributed by atoms with E-state index < -0.39 is 76.1 Å². The summed E-state index contributed by atoms with van der Waals surface area (Å²) in [5.74, 6) is -3.38. The Hall–Kier alpha value is -2.33. The van der Waals surface area contributed by atoms with E-state index in [2.05, 4.69) is 0 Å². The molecule has 0 bridgehead atoms. The summed E-state index contributed by atoms with van der Waals surface area (Å²) in [6.45, 7) is 10.0. The third kappa shape index (κ3) is 3.42. The van der Waals surface area contributed by atoms with Gasteiger partial charge in [-0.15, -0.1) is 0 Å². The first-order valence-electron chi connectivity index (χ1n) is 13.8. The number of carbonyl (C=O) groups excluding carboxylic acids is 3. The monoisotopic (exact) mass is 544 g/mol. The van der Waals surface area contributed by atoms with Gasteiger partial charge in [-0.2, -0.15) is 0 Å². The molecule has 0 spiro atoms. The average Bonchev–Trinajstić information content (AvgIpc) is 3.09. The highest BCUT2D eigenvalue weighted by molar-refractivity contribution is 5.97. The number of hydrogen-bond acceptors (Lipinski definition) is 9. The smallest absolute Gasteiger partial charge is 0.333 e. The van der Waals surface area contributed by atoms with Gasteiger partial charge in [0.1, 0.15) is 17.3 Å². The van der Waals surface area contributed by atoms with Crippen molar-refractivity contribution in [3.63, 3.8) is 0 Å². The zero-order chi connectivity index (χ0) is 28.9. The zero-order valence-electron chi connectivity index (χ0n) is 23.4. The molecule has 9 heteroatoms. The van der Waals surface area contributed by atoms with Crippen LogP contribution in [0.2, 0.25) is 0 Å². The Balaban J connectivity index is 1.63. The number of ketones is 1. The second-order valence-corrected chi connectivity index (χ2v) is 12.8. The Morgan fingerprint density at radius 2 is 1.72 bits per heavy atom. The molecule has 214 valence electrons. The molecule has 0 saturated heterocycles. The molecular formula is C30H40O9. The molecule has 5 aliphatic rings. The molecule has 9 nitrogen and oxygen atoms in total. The van der Waals surface area contributed by atoms with Gasteiger partial charge < -0.3 is 29.9 Å². The van der Waals surface area contributed by atoms with Crippen LogP contribution < -0.4 is 0 Å². The maximum atomic E-state index is 13.4. The maximum absolute atomic E-state index is 13.4. The van der Waals surface area contributed by atoms with E-state index in [-0.39, 0.29) is 25.0 Å². The highest BCUT2D eigenvalue weighted by Gasteiger charge is 2.77. The van der Waals surface area contributed by atoms with E-state index in [0.29, 0.717) is 17.6 Å². The van der Waals surface area contributed by atoms with Crippen LogP contribution in [-0.4, -0.2) is 73.8 Å². The Morgan fingerprint density at radius 3 is 2.33 bits per heavy atom. The highest BCUT2D eigenvalue weighted by atomic mass is 16.6. The lowest BCUT2D eigenvalue weighted by Gasteiger charge is -2.66. The Bertz CT molecular complexity index is 1220. The number of esters is 2. The fourth-order valence-electron chi connectivity index (χ4n) is 8.64. The summed E-state index contributed by atoms with van der Waals surface area (Å²) in [4.78, 5) is 38.2. The molecule has 1 aliphatic heterocycles. The molecular weight excluding hydrogens is 504 g/mol. The molecule has 5 rings (SSSR count). The van der Waals surface area contributed by atoms with E-state index in [0.717, 1.165) is 5.57 Å². The number of rotatable bonds is 3. The predicted molar refractivity (Wildman–Crippen MR) is 139 cm³/mol.